The number of rotatable bonds is 6. The van der Waals surface area contributed by atoms with Crippen molar-refractivity contribution in [3.63, 3.8) is 0 Å². The first-order chi connectivity index (χ1) is 11.0. The maximum atomic E-state index is 12.7. The standard InChI is InChI=1S/C16H25N3O4/c1-11(2)14(15(20)19-8-6-5-7-9-19)23-16-17-12(21-3)10-13(18-16)22-4/h10-11,14H,5-9H2,1-4H3. The molecule has 2 heterocycles. The van der Waals surface area contributed by atoms with E-state index in [1.807, 2.05) is 18.7 Å². The summed E-state index contributed by atoms with van der Waals surface area (Å²) in [6, 6.07) is 1.65. The number of nitrogens with zero attached hydrogens (tertiary/aromatic N) is 3. The van der Waals surface area contributed by atoms with Gasteiger partial charge in [-0.05, 0) is 25.2 Å². The van der Waals surface area contributed by atoms with E-state index < -0.39 is 6.10 Å². The highest BCUT2D eigenvalue weighted by Crippen LogP contribution is 2.22. The number of amides is 1. The molecule has 1 saturated heterocycles. The molecule has 1 aliphatic heterocycles. The minimum atomic E-state index is -0.620. The number of aromatic nitrogens is 2. The second-order valence-electron chi connectivity index (χ2n) is 5.90. The molecule has 1 atom stereocenters. The van der Waals surface area contributed by atoms with Crippen LogP contribution in [0.4, 0.5) is 0 Å². The van der Waals surface area contributed by atoms with Gasteiger partial charge in [0, 0.05) is 13.1 Å². The quantitative estimate of drug-likeness (QED) is 0.796. The first-order valence-electron chi connectivity index (χ1n) is 7.97. The van der Waals surface area contributed by atoms with Gasteiger partial charge in [-0.3, -0.25) is 4.79 Å². The SMILES string of the molecule is COc1cc(OC)nc(OC(C(=O)N2CCCCC2)C(C)C)n1. The normalized spacial score (nSPS) is 16.1. The van der Waals surface area contributed by atoms with Gasteiger partial charge in [-0.15, -0.1) is 0 Å². The van der Waals surface area contributed by atoms with Crippen LogP contribution in [0.1, 0.15) is 33.1 Å². The van der Waals surface area contributed by atoms with Crippen LogP contribution in [-0.4, -0.2) is 54.2 Å². The lowest BCUT2D eigenvalue weighted by Crippen LogP contribution is -2.46. The minimum absolute atomic E-state index is 0.00484. The highest BCUT2D eigenvalue weighted by atomic mass is 16.5. The number of piperidine rings is 1. The van der Waals surface area contributed by atoms with Crippen LogP contribution in [0.3, 0.4) is 0 Å². The van der Waals surface area contributed by atoms with Crippen molar-refractivity contribution in [2.75, 3.05) is 27.3 Å². The second kappa shape index (κ2) is 7.99. The van der Waals surface area contributed by atoms with E-state index in [4.69, 9.17) is 14.2 Å². The lowest BCUT2D eigenvalue weighted by Gasteiger charge is -2.31. The second-order valence-corrected chi connectivity index (χ2v) is 5.90. The first-order valence-corrected chi connectivity index (χ1v) is 7.97. The third-order valence-corrected chi connectivity index (χ3v) is 3.83. The van der Waals surface area contributed by atoms with Crippen molar-refractivity contribution in [2.24, 2.45) is 5.92 Å². The summed E-state index contributed by atoms with van der Waals surface area (Å²) in [5.74, 6) is 0.662. The Morgan fingerprint density at radius 2 is 1.65 bits per heavy atom. The molecule has 2 rings (SSSR count). The lowest BCUT2D eigenvalue weighted by atomic mass is 10.0. The number of likely N-dealkylation sites (tertiary alicyclic amines) is 1. The van der Waals surface area contributed by atoms with Crippen LogP contribution in [0.5, 0.6) is 17.8 Å². The fraction of sp³-hybridized carbons (Fsp3) is 0.688. The van der Waals surface area contributed by atoms with Crippen molar-refractivity contribution in [2.45, 2.75) is 39.2 Å². The van der Waals surface area contributed by atoms with E-state index in [1.54, 1.807) is 6.07 Å². The molecule has 1 unspecified atom stereocenters. The van der Waals surface area contributed by atoms with Gasteiger partial charge in [-0.2, -0.15) is 9.97 Å². The van der Waals surface area contributed by atoms with Gasteiger partial charge in [0.2, 0.25) is 11.8 Å². The Hall–Kier alpha value is -2.05. The first kappa shape index (κ1) is 17.3. The predicted octanol–water partition coefficient (Wildman–Crippen LogP) is 1.91. The molecule has 1 aliphatic rings. The highest BCUT2D eigenvalue weighted by Gasteiger charge is 2.30. The molecule has 7 nitrogen and oxygen atoms in total. The van der Waals surface area contributed by atoms with Crippen LogP contribution in [0.25, 0.3) is 0 Å². The molecule has 0 N–H and O–H groups in total. The molecule has 1 fully saturated rings. The van der Waals surface area contributed by atoms with Crippen LogP contribution in [0.2, 0.25) is 0 Å². The van der Waals surface area contributed by atoms with E-state index in [1.165, 1.54) is 20.6 Å². The topological polar surface area (TPSA) is 73.8 Å². The van der Waals surface area contributed by atoms with Crippen molar-refractivity contribution < 1.29 is 19.0 Å². The van der Waals surface area contributed by atoms with E-state index in [9.17, 15) is 4.79 Å². The fourth-order valence-electron chi connectivity index (χ4n) is 2.53. The Morgan fingerprint density at radius 3 is 2.13 bits per heavy atom. The molecule has 23 heavy (non-hydrogen) atoms. The Morgan fingerprint density at radius 1 is 1.09 bits per heavy atom. The van der Waals surface area contributed by atoms with E-state index in [0.717, 1.165) is 25.9 Å². The zero-order valence-electron chi connectivity index (χ0n) is 14.2. The third-order valence-electron chi connectivity index (χ3n) is 3.83. The van der Waals surface area contributed by atoms with Gasteiger partial charge in [0.25, 0.3) is 5.91 Å². The van der Waals surface area contributed by atoms with Crippen LogP contribution < -0.4 is 14.2 Å². The smallest absolute Gasteiger partial charge is 0.323 e. The van der Waals surface area contributed by atoms with Crippen LogP contribution in [0, 0.1) is 5.92 Å². The van der Waals surface area contributed by atoms with Gasteiger partial charge >= 0.3 is 6.01 Å². The molecule has 0 radical (unpaired) electrons. The average molecular weight is 323 g/mol. The van der Waals surface area contributed by atoms with E-state index in [2.05, 4.69) is 9.97 Å². The molecule has 1 amide bonds. The summed E-state index contributed by atoms with van der Waals surface area (Å²) in [5, 5.41) is 0. The fourth-order valence-corrected chi connectivity index (χ4v) is 2.53. The monoisotopic (exact) mass is 323 g/mol. The van der Waals surface area contributed by atoms with Crippen molar-refractivity contribution in [1.29, 1.82) is 0 Å². The molecule has 7 heteroatoms. The number of hydrogen-bond donors (Lipinski definition) is 0. The van der Waals surface area contributed by atoms with Gasteiger partial charge in [0.15, 0.2) is 6.10 Å². The van der Waals surface area contributed by atoms with Crippen molar-refractivity contribution in [1.82, 2.24) is 14.9 Å². The number of methoxy groups -OCH3 is 2. The molecular weight excluding hydrogens is 298 g/mol. The molecule has 0 saturated carbocycles. The zero-order chi connectivity index (χ0) is 16.8. The average Bonchev–Trinajstić information content (AvgIpc) is 2.59. The summed E-state index contributed by atoms with van der Waals surface area (Å²) in [4.78, 5) is 22.9. The Kier molecular flexibility index (Phi) is 6.01. The number of ether oxygens (including phenoxy) is 3. The minimum Gasteiger partial charge on any atom is -0.481 e. The predicted molar refractivity (Wildman–Crippen MR) is 84.8 cm³/mol. The summed E-state index contributed by atoms with van der Waals surface area (Å²) in [7, 11) is 3.01. The maximum Gasteiger partial charge on any atom is 0.323 e. The summed E-state index contributed by atoms with van der Waals surface area (Å²) in [6.45, 7) is 5.47. The zero-order valence-corrected chi connectivity index (χ0v) is 14.2. The summed E-state index contributed by atoms with van der Waals surface area (Å²) in [6.07, 6.45) is 2.64. The number of hydrogen-bond acceptors (Lipinski definition) is 6. The molecule has 0 spiro atoms. The number of carbonyl (C=O) groups excluding carboxylic acids is 1. The van der Waals surface area contributed by atoms with E-state index >= 15 is 0 Å². The summed E-state index contributed by atoms with van der Waals surface area (Å²) < 4.78 is 16.0. The molecule has 1 aromatic rings. The van der Waals surface area contributed by atoms with E-state index in [-0.39, 0.29) is 17.8 Å². The summed E-state index contributed by atoms with van der Waals surface area (Å²) in [5.41, 5.74) is 0. The van der Waals surface area contributed by atoms with Crippen LogP contribution in [0.15, 0.2) is 6.07 Å². The molecule has 1 aromatic heterocycles. The molecule has 0 bridgehead atoms. The van der Waals surface area contributed by atoms with Crippen LogP contribution >= 0.6 is 0 Å². The largest absolute Gasteiger partial charge is 0.481 e. The lowest BCUT2D eigenvalue weighted by molar-refractivity contribution is -0.142. The molecule has 128 valence electrons. The van der Waals surface area contributed by atoms with Gasteiger partial charge in [0.1, 0.15) is 0 Å². The van der Waals surface area contributed by atoms with Gasteiger partial charge in [-0.25, -0.2) is 0 Å². The van der Waals surface area contributed by atoms with Gasteiger partial charge in [-0.1, -0.05) is 13.8 Å². The van der Waals surface area contributed by atoms with Crippen molar-refractivity contribution in [3.8, 4) is 17.8 Å². The Bertz CT molecular complexity index is 508. The van der Waals surface area contributed by atoms with Gasteiger partial charge < -0.3 is 19.1 Å². The van der Waals surface area contributed by atoms with Gasteiger partial charge in [0.05, 0.1) is 20.3 Å². The molecule has 0 aromatic carbocycles. The van der Waals surface area contributed by atoms with Crippen LogP contribution in [-0.2, 0) is 4.79 Å². The number of carbonyl (C=O) groups is 1. The van der Waals surface area contributed by atoms with E-state index in [0.29, 0.717) is 11.8 Å². The van der Waals surface area contributed by atoms with Crippen molar-refractivity contribution in [3.05, 3.63) is 6.07 Å². The van der Waals surface area contributed by atoms with Crippen molar-refractivity contribution >= 4 is 5.91 Å². The molecule has 0 aliphatic carbocycles. The maximum absolute atomic E-state index is 12.7. The Labute approximate surface area is 137 Å². The third kappa shape index (κ3) is 4.46. The molecular formula is C16H25N3O4. The Balaban J connectivity index is 2.17. The summed E-state index contributed by atoms with van der Waals surface area (Å²) >= 11 is 0. The highest BCUT2D eigenvalue weighted by molar-refractivity contribution is 5.81.